The van der Waals surface area contributed by atoms with Gasteiger partial charge in [0.1, 0.15) is 5.75 Å². The van der Waals surface area contributed by atoms with Crippen molar-refractivity contribution in [3.8, 4) is 11.4 Å². The zero-order chi connectivity index (χ0) is 23.3. The summed E-state index contributed by atoms with van der Waals surface area (Å²) in [4.78, 5) is 24.2. The van der Waals surface area contributed by atoms with Crippen molar-refractivity contribution in [3.63, 3.8) is 0 Å². The van der Waals surface area contributed by atoms with Crippen LogP contribution in [0.1, 0.15) is 32.9 Å². The molecule has 1 aromatic heterocycles. The molecule has 0 aliphatic rings. The summed E-state index contributed by atoms with van der Waals surface area (Å²) in [6.07, 6.45) is 1.61. The number of ether oxygens (including phenoxy) is 1. The first kappa shape index (κ1) is 23.1. The summed E-state index contributed by atoms with van der Waals surface area (Å²) in [5.41, 5.74) is 7.15. The Kier molecular flexibility index (Phi) is 7.37. The van der Waals surface area contributed by atoms with Gasteiger partial charge in [-0.05, 0) is 74.4 Å². The molecule has 3 aromatic rings. The number of aryl methyl sites for hydroxylation is 2. The molecule has 0 aliphatic carbocycles. The summed E-state index contributed by atoms with van der Waals surface area (Å²) in [7, 11) is 1.61. The van der Waals surface area contributed by atoms with Gasteiger partial charge in [-0.3, -0.25) is 4.79 Å². The van der Waals surface area contributed by atoms with Gasteiger partial charge < -0.3 is 19.2 Å². The van der Waals surface area contributed by atoms with Crippen molar-refractivity contribution in [2.45, 2.75) is 25.7 Å². The molecule has 8 heteroatoms. The van der Waals surface area contributed by atoms with Crippen LogP contribution in [0.3, 0.4) is 0 Å². The summed E-state index contributed by atoms with van der Waals surface area (Å²) < 4.78 is 7.15. The van der Waals surface area contributed by atoms with Gasteiger partial charge in [0.05, 0.1) is 25.0 Å². The second-order valence-corrected chi connectivity index (χ2v) is 8.26. The molecular formula is C24H24N3O4S-. The first-order valence-electron chi connectivity index (χ1n) is 9.90. The van der Waals surface area contributed by atoms with Crippen LogP contribution in [-0.4, -0.2) is 35.5 Å². The van der Waals surface area contributed by atoms with Crippen LogP contribution in [0.5, 0.6) is 5.75 Å². The molecule has 0 saturated carbocycles. The lowest BCUT2D eigenvalue weighted by Crippen LogP contribution is -2.22. The number of nitrogens with one attached hydrogen (secondary N) is 1. The SMILES string of the molecule is COc1ccc(SCC(=O)N/N=C\c2cc(C)n(-c3ccc(C(=O)[O-])cc3C)c2C)cc1. The molecule has 7 nitrogen and oxygen atoms in total. The highest BCUT2D eigenvalue weighted by molar-refractivity contribution is 8.00. The Hall–Kier alpha value is -3.52. The van der Waals surface area contributed by atoms with Gasteiger partial charge in [0.15, 0.2) is 0 Å². The number of aromatic nitrogens is 1. The zero-order valence-electron chi connectivity index (χ0n) is 18.3. The van der Waals surface area contributed by atoms with Crippen LogP contribution in [0.15, 0.2) is 58.5 Å². The Bertz CT molecular complexity index is 1170. The molecule has 1 N–H and O–H groups in total. The number of carbonyl (C=O) groups excluding carboxylic acids is 2. The Morgan fingerprint density at radius 1 is 1.12 bits per heavy atom. The second-order valence-electron chi connectivity index (χ2n) is 7.21. The summed E-state index contributed by atoms with van der Waals surface area (Å²) >= 11 is 1.41. The fourth-order valence-corrected chi connectivity index (χ4v) is 4.04. The average molecular weight is 451 g/mol. The average Bonchev–Trinajstić information content (AvgIpc) is 3.05. The van der Waals surface area contributed by atoms with Gasteiger partial charge in [0.2, 0.25) is 5.91 Å². The van der Waals surface area contributed by atoms with Crippen molar-refractivity contribution < 1.29 is 19.4 Å². The quantitative estimate of drug-likeness (QED) is 0.323. The van der Waals surface area contributed by atoms with Gasteiger partial charge in [-0.15, -0.1) is 11.8 Å². The van der Waals surface area contributed by atoms with E-state index in [0.717, 1.165) is 38.8 Å². The third-order valence-electron chi connectivity index (χ3n) is 4.97. The van der Waals surface area contributed by atoms with Crippen LogP contribution in [0.2, 0.25) is 0 Å². The van der Waals surface area contributed by atoms with E-state index in [2.05, 4.69) is 10.5 Å². The minimum atomic E-state index is -1.20. The zero-order valence-corrected chi connectivity index (χ0v) is 19.2. The molecular weight excluding hydrogens is 426 g/mol. The van der Waals surface area contributed by atoms with Crippen LogP contribution in [0.25, 0.3) is 5.69 Å². The third kappa shape index (κ3) is 5.39. The molecule has 0 atom stereocenters. The third-order valence-corrected chi connectivity index (χ3v) is 5.98. The second kappa shape index (κ2) is 10.2. The number of carboxylic acid groups (broad SMARTS) is 1. The van der Waals surface area contributed by atoms with E-state index >= 15 is 0 Å². The van der Waals surface area contributed by atoms with Crippen LogP contribution in [0.4, 0.5) is 0 Å². The Morgan fingerprint density at radius 2 is 1.84 bits per heavy atom. The van der Waals surface area contributed by atoms with E-state index in [1.807, 2.05) is 55.7 Å². The largest absolute Gasteiger partial charge is 0.545 e. The summed E-state index contributed by atoms with van der Waals surface area (Å²) in [5.74, 6) is -0.392. The van der Waals surface area contributed by atoms with E-state index in [1.54, 1.807) is 25.5 Å². The summed E-state index contributed by atoms with van der Waals surface area (Å²) in [5, 5.41) is 15.2. The van der Waals surface area contributed by atoms with Crippen LogP contribution < -0.4 is 15.3 Å². The molecule has 0 spiro atoms. The van der Waals surface area contributed by atoms with Crippen molar-refractivity contribution in [2.24, 2.45) is 5.10 Å². The Labute approximate surface area is 191 Å². The van der Waals surface area contributed by atoms with E-state index in [-0.39, 0.29) is 17.2 Å². The number of hydrazone groups is 1. The van der Waals surface area contributed by atoms with E-state index in [1.165, 1.54) is 17.8 Å². The molecule has 0 radical (unpaired) electrons. The van der Waals surface area contributed by atoms with E-state index in [9.17, 15) is 14.7 Å². The number of nitrogens with zero attached hydrogens (tertiary/aromatic N) is 2. The molecule has 0 unspecified atom stereocenters. The number of rotatable bonds is 8. The standard InChI is InChI=1S/C24H25N3O4S/c1-15-11-18(24(29)30)5-10-22(15)27-16(2)12-19(17(27)3)13-25-26-23(28)14-32-21-8-6-20(31-4)7-9-21/h5-13H,14H2,1-4H3,(H,26,28)(H,29,30)/p-1/b25-13-. The van der Waals surface area contributed by atoms with Gasteiger partial charge in [-0.1, -0.05) is 6.07 Å². The molecule has 166 valence electrons. The molecule has 32 heavy (non-hydrogen) atoms. The number of amides is 1. The lowest BCUT2D eigenvalue weighted by molar-refractivity contribution is -0.255. The first-order valence-corrected chi connectivity index (χ1v) is 10.9. The van der Waals surface area contributed by atoms with Gasteiger partial charge in [0.25, 0.3) is 0 Å². The van der Waals surface area contributed by atoms with Gasteiger partial charge in [0, 0.05) is 27.5 Å². The maximum absolute atomic E-state index is 12.1. The maximum atomic E-state index is 12.1. The highest BCUT2D eigenvalue weighted by Gasteiger charge is 2.12. The van der Waals surface area contributed by atoms with Crippen molar-refractivity contribution in [3.05, 3.63) is 76.6 Å². The van der Waals surface area contributed by atoms with Crippen molar-refractivity contribution in [1.82, 2.24) is 9.99 Å². The molecule has 0 saturated heterocycles. The highest BCUT2D eigenvalue weighted by Crippen LogP contribution is 2.24. The van der Waals surface area contributed by atoms with Crippen LogP contribution in [0, 0.1) is 20.8 Å². The number of thioether (sulfide) groups is 1. The lowest BCUT2D eigenvalue weighted by atomic mass is 10.1. The maximum Gasteiger partial charge on any atom is 0.250 e. The fraction of sp³-hybridized carbons (Fsp3) is 0.208. The van der Waals surface area contributed by atoms with Crippen LogP contribution >= 0.6 is 11.8 Å². The predicted molar refractivity (Wildman–Crippen MR) is 124 cm³/mol. The van der Waals surface area contributed by atoms with Gasteiger partial charge in [-0.25, -0.2) is 5.43 Å². The van der Waals surface area contributed by atoms with Crippen molar-refractivity contribution in [1.29, 1.82) is 0 Å². The summed E-state index contributed by atoms with van der Waals surface area (Å²) in [6.45, 7) is 5.76. The number of carbonyl (C=O) groups is 2. The smallest absolute Gasteiger partial charge is 0.250 e. The van der Waals surface area contributed by atoms with E-state index in [0.29, 0.717) is 0 Å². The number of methoxy groups -OCH3 is 1. The normalized spacial score (nSPS) is 11.0. The lowest BCUT2D eigenvalue weighted by Gasteiger charge is -2.14. The highest BCUT2D eigenvalue weighted by atomic mass is 32.2. The monoisotopic (exact) mass is 450 g/mol. The number of benzene rings is 2. The number of hydrogen-bond acceptors (Lipinski definition) is 6. The Morgan fingerprint density at radius 3 is 2.47 bits per heavy atom. The predicted octanol–water partition coefficient (Wildman–Crippen LogP) is 3.02. The van der Waals surface area contributed by atoms with Crippen LogP contribution in [-0.2, 0) is 4.79 Å². The molecule has 0 bridgehead atoms. The molecule has 1 heterocycles. The van der Waals surface area contributed by atoms with E-state index in [4.69, 9.17) is 4.74 Å². The van der Waals surface area contributed by atoms with Gasteiger partial charge >= 0.3 is 0 Å². The molecule has 0 fully saturated rings. The molecule has 1 amide bonds. The number of hydrogen-bond donors (Lipinski definition) is 1. The minimum absolute atomic E-state index is 0.144. The van der Waals surface area contributed by atoms with Crippen molar-refractivity contribution in [2.75, 3.05) is 12.9 Å². The fourth-order valence-electron chi connectivity index (χ4n) is 3.35. The number of carboxylic acids is 1. The topological polar surface area (TPSA) is 95.8 Å². The van der Waals surface area contributed by atoms with Crippen molar-refractivity contribution >= 4 is 29.9 Å². The first-order chi connectivity index (χ1) is 15.3. The minimum Gasteiger partial charge on any atom is -0.545 e. The van der Waals surface area contributed by atoms with E-state index < -0.39 is 5.97 Å². The van der Waals surface area contributed by atoms with Gasteiger partial charge in [-0.2, -0.15) is 5.10 Å². The number of aromatic carboxylic acids is 1. The molecule has 0 aliphatic heterocycles. The summed E-state index contributed by atoms with van der Waals surface area (Å²) in [6, 6.07) is 14.3. The molecule has 2 aromatic carbocycles. The Balaban J connectivity index is 1.65. The molecule has 3 rings (SSSR count).